The first kappa shape index (κ1) is 14.1. The zero-order valence-corrected chi connectivity index (χ0v) is 11.6. The minimum Gasteiger partial charge on any atom is -0.355 e. The van der Waals surface area contributed by atoms with Crippen molar-refractivity contribution in [3.05, 3.63) is 18.6 Å². The standard InChI is InChI=1S/C12H19N7O/c1-3-14-10(20)8-18(4-2)12-11-15-5-6-19(11)7-9(16-12)17-13/h5-7,17H,3-4,8,13H2,1-2H3,(H,14,20). The molecule has 8 nitrogen and oxygen atoms in total. The Morgan fingerprint density at radius 3 is 2.95 bits per heavy atom. The van der Waals surface area contributed by atoms with E-state index in [1.807, 2.05) is 23.1 Å². The number of anilines is 2. The largest absolute Gasteiger partial charge is 0.355 e. The van der Waals surface area contributed by atoms with Crippen LogP contribution in [-0.2, 0) is 4.79 Å². The Morgan fingerprint density at radius 1 is 1.50 bits per heavy atom. The summed E-state index contributed by atoms with van der Waals surface area (Å²) in [6, 6.07) is 0. The first-order valence-corrected chi connectivity index (χ1v) is 6.51. The van der Waals surface area contributed by atoms with Crippen LogP contribution in [0.2, 0.25) is 0 Å². The van der Waals surface area contributed by atoms with Gasteiger partial charge in [-0.1, -0.05) is 0 Å². The first-order valence-electron chi connectivity index (χ1n) is 6.51. The topological polar surface area (TPSA) is 101 Å². The summed E-state index contributed by atoms with van der Waals surface area (Å²) < 4.78 is 1.82. The maximum Gasteiger partial charge on any atom is 0.239 e. The molecule has 2 aromatic rings. The van der Waals surface area contributed by atoms with Gasteiger partial charge in [-0.3, -0.25) is 4.79 Å². The molecule has 0 aliphatic rings. The van der Waals surface area contributed by atoms with E-state index in [0.29, 0.717) is 30.4 Å². The Balaban J connectivity index is 2.37. The Labute approximate surface area is 117 Å². The van der Waals surface area contributed by atoms with Gasteiger partial charge in [-0.25, -0.2) is 15.8 Å². The van der Waals surface area contributed by atoms with E-state index in [1.54, 1.807) is 18.6 Å². The van der Waals surface area contributed by atoms with Crippen LogP contribution >= 0.6 is 0 Å². The first-order chi connectivity index (χ1) is 9.69. The number of rotatable bonds is 6. The van der Waals surface area contributed by atoms with Gasteiger partial charge < -0.3 is 20.0 Å². The fraction of sp³-hybridized carbons (Fsp3) is 0.417. The van der Waals surface area contributed by atoms with Gasteiger partial charge >= 0.3 is 0 Å². The van der Waals surface area contributed by atoms with Crippen LogP contribution in [0.25, 0.3) is 5.65 Å². The van der Waals surface area contributed by atoms with Gasteiger partial charge in [-0.15, -0.1) is 0 Å². The molecule has 4 N–H and O–H groups in total. The lowest BCUT2D eigenvalue weighted by atomic mass is 10.4. The number of nitrogen functional groups attached to an aromatic ring is 1. The fourth-order valence-electron chi connectivity index (χ4n) is 1.96. The average molecular weight is 277 g/mol. The van der Waals surface area contributed by atoms with Crippen LogP contribution in [0.5, 0.6) is 0 Å². The third-order valence-corrected chi connectivity index (χ3v) is 2.89. The molecule has 0 aliphatic heterocycles. The zero-order valence-electron chi connectivity index (χ0n) is 11.6. The molecule has 1 amide bonds. The van der Waals surface area contributed by atoms with E-state index in [0.717, 1.165) is 0 Å². The predicted molar refractivity (Wildman–Crippen MR) is 77.4 cm³/mol. The second-order valence-corrected chi connectivity index (χ2v) is 4.22. The second kappa shape index (κ2) is 6.20. The summed E-state index contributed by atoms with van der Waals surface area (Å²) in [5, 5.41) is 2.77. The van der Waals surface area contributed by atoms with E-state index < -0.39 is 0 Å². The molecule has 0 atom stereocenters. The molecular weight excluding hydrogens is 258 g/mol. The highest BCUT2D eigenvalue weighted by Crippen LogP contribution is 2.19. The molecule has 8 heteroatoms. The number of hydrogen-bond donors (Lipinski definition) is 3. The Kier molecular flexibility index (Phi) is 4.36. The lowest BCUT2D eigenvalue weighted by Gasteiger charge is -2.22. The summed E-state index contributed by atoms with van der Waals surface area (Å²) in [4.78, 5) is 22.3. The number of amides is 1. The van der Waals surface area contributed by atoms with Crippen molar-refractivity contribution in [1.82, 2.24) is 19.7 Å². The smallest absolute Gasteiger partial charge is 0.239 e. The van der Waals surface area contributed by atoms with Crippen LogP contribution in [0.1, 0.15) is 13.8 Å². The average Bonchev–Trinajstić information content (AvgIpc) is 2.92. The number of nitrogens with zero attached hydrogens (tertiary/aromatic N) is 4. The van der Waals surface area contributed by atoms with Gasteiger partial charge in [0.2, 0.25) is 5.91 Å². The SMILES string of the molecule is CCNC(=O)CN(CC)c1nc(NN)cn2ccnc12. The highest BCUT2D eigenvalue weighted by atomic mass is 16.2. The molecule has 0 fully saturated rings. The van der Waals surface area contributed by atoms with E-state index in [4.69, 9.17) is 5.84 Å². The van der Waals surface area contributed by atoms with E-state index in [9.17, 15) is 4.79 Å². The number of carbonyl (C=O) groups excluding carboxylic acids is 1. The van der Waals surface area contributed by atoms with Crippen molar-refractivity contribution in [3.8, 4) is 0 Å². The summed E-state index contributed by atoms with van der Waals surface area (Å²) in [7, 11) is 0. The van der Waals surface area contributed by atoms with Crippen molar-refractivity contribution < 1.29 is 4.79 Å². The van der Waals surface area contributed by atoms with Gasteiger partial charge in [0, 0.05) is 25.5 Å². The summed E-state index contributed by atoms with van der Waals surface area (Å²) in [6.07, 6.45) is 5.23. The van der Waals surface area contributed by atoms with Crippen LogP contribution in [0.3, 0.4) is 0 Å². The van der Waals surface area contributed by atoms with E-state index in [2.05, 4.69) is 20.7 Å². The Hall–Kier alpha value is -2.35. The molecule has 0 saturated carbocycles. The second-order valence-electron chi connectivity index (χ2n) is 4.22. The molecule has 2 aromatic heterocycles. The number of hydrazine groups is 1. The van der Waals surface area contributed by atoms with Gasteiger partial charge in [0.1, 0.15) is 0 Å². The van der Waals surface area contributed by atoms with Crippen molar-refractivity contribution >= 4 is 23.2 Å². The van der Waals surface area contributed by atoms with Crippen LogP contribution in [-0.4, -0.2) is 39.9 Å². The molecule has 0 unspecified atom stereocenters. The number of nitrogens with one attached hydrogen (secondary N) is 2. The molecule has 108 valence electrons. The highest BCUT2D eigenvalue weighted by molar-refractivity contribution is 5.82. The number of likely N-dealkylation sites (N-methyl/N-ethyl adjacent to an activating group) is 2. The van der Waals surface area contributed by atoms with Crippen LogP contribution in [0, 0.1) is 0 Å². The minimum absolute atomic E-state index is 0.0491. The predicted octanol–water partition coefficient (Wildman–Crippen LogP) is -0.0227. The highest BCUT2D eigenvalue weighted by Gasteiger charge is 2.16. The molecule has 0 bridgehead atoms. The van der Waals surface area contributed by atoms with Crippen LogP contribution in [0.15, 0.2) is 18.6 Å². The zero-order chi connectivity index (χ0) is 14.5. The van der Waals surface area contributed by atoms with Crippen molar-refractivity contribution in [2.45, 2.75) is 13.8 Å². The van der Waals surface area contributed by atoms with Crippen molar-refractivity contribution in [2.24, 2.45) is 5.84 Å². The van der Waals surface area contributed by atoms with Crippen molar-refractivity contribution in [3.63, 3.8) is 0 Å². The molecule has 0 aromatic carbocycles. The lowest BCUT2D eigenvalue weighted by Crippen LogP contribution is -2.37. The number of nitrogens with two attached hydrogens (primary N) is 1. The van der Waals surface area contributed by atoms with Crippen molar-refractivity contribution in [2.75, 3.05) is 30.0 Å². The van der Waals surface area contributed by atoms with Crippen LogP contribution < -0.4 is 21.5 Å². The van der Waals surface area contributed by atoms with Gasteiger partial charge in [-0.2, -0.15) is 0 Å². The quantitative estimate of drug-likeness (QED) is 0.507. The molecule has 2 heterocycles. The number of fused-ring (bicyclic) bond motifs is 1. The molecule has 20 heavy (non-hydrogen) atoms. The number of aromatic nitrogens is 3. The molecule has 0 radical (unpaired) electrons. The van der Waals surface area contributed by atoms with E-state index in [1.165, 1.54) is 0 Å². The van der Waals surface area contributed by atoms with Gasteiger partial charge in [-0.05, 0) is 13.8 Å². The summed E-state index contributed by atoms with van der Waals surface area (Å²) in [6.45, 7) is 5.32. The van der Waals surface area contributed by atoms with Crippen molar-refractivity contribution in [1.29, 1.82) is 0 Å². The summed E-state index contributed by atoms with van der Waals surface area (Å²) >= 11 is 0. The maximum atomic E-state index is 11.8. The molecular formula is C12H19N7O. The maximum absolute atomic E-state index is 11.8. The molecule has 2 rings (SSSR count). The number of imidazole rings is 1. The number of hydrogen-bond acceptors (Lipinski definition) is 6. The summed E-state index contributed by atoms with van der Waals surface area (Å²) in [5.74, 6) is 6.51. The normalized spacial score (nSPS) is 10.6. The molecule has 0 aliphatic carbocycles. The van der Waals surface area contributed by atoms with Gasteiger partial charge in [0.05, 0.1) is 12.7 Å². The minimum atomic E-state index is -0.0491. The monoisotopic (exact) mass is 277 g/mol. The Bertz CT molecular complexity index is 595. The third-order valence-electron chi connectivity index (χ3n) is 2.89. The van der Waals surface area contributed by atoms with E-state index in [-0.39, 0.29) is 12.5 Å². The fourth-order valence-corrected chi connectivity index (χ4v) is 1.96. The van der Waals surface area contributed by atoms with Crippen LogP contribution in [0.4, 0.5) is 11.6 Å². The number of carbonyl (C=O) groups is 1. The van der Waals surface area contributed by atoms with Gasteiger partial charge in [0.25, 0.3) is 0 Å². The Morgan fingerprint density at radius 2 is 2.30 bits per heavy atom. The molecule has 0 saturated heterocycles. The third kappa shape index (κ3) is 2.80. The lowest BCUT2D eigenvalue weighted by molar-refractivity contribution is -0.119. The summed E-state index contributed by atoms with van der Waals surface area (Å²) in [5.41, 5.74) is 3.21. The van der Waals surface area contributed by atoms with E-state index >= 15 is 0 Å². The molecule has 0 spiro atoms. The van der Waals surface area contributed by atoms with Gasteiger partial charge in [0.15, 0.2) is 17.3 Å².